The summed E-state index contributed by atoms with van der Waals surface area (Å²) in [6, 6.07) is -6.57. The van der Waals surface area contributed by atoms with Gasteiger partial charge in [0.1, 0.15) is 60.4 Å². The smallest absolute Gasteiger partial charge is 0.245 e. The first kappa shape index (κ1) is 82.1. The standard InChI is InChI=1S/C61H106N18O15/c1-35(2)33-46-58(91)73-41(20-26-63)52(85)72-44(23-29-66)57(90)78-50(36(3)80)60(93)69-32-24-45(55(88)71-42(21-27-64)54(87)77-47(59(92)76-46)34-39-15-9-6-10-16-39)74-53(86)43(22-28-65)75-61(94)51(37(4)81)79-56(89)40(19-25-62)70-49(84)18-12-8-14-31-68-48(83)17-11-7-13-30-67-38(5)82/h6,9-10,15-16,35-37,40-47,50-51,80-81H,7-8,11-14,17-34,62-66H2,1-5H3,(H,67,82)(H,68,83)(H,69,93)(H,70,84)(H,71,88)(H,72,85)(H,73,91)(H,74,86)(H,75,94)(H,76,92)(H,77,87)(H,78,90)(H,79,89)/t36-,37-,40+,41+,42+,43+,44+,45+,46+,47-,50+,51+/m1/s1. The van der Waals surface area contributed by atoms with E-state index in [1.807, 2.05) is 0 Å². The zero-order valence-corrected chi connectivity index (χ0v) is 55.0. The molecule has 0 saturated carbocycles. The molecule has 13 amide bonds. The number of carbonyl (C=O) groups is 13. The Hall–Kier alpha value is -7.95. The van der Waals surface area contributed by atoms with Gasteiger partial charge < -0.3 is 108 Å². The number of rotatable bonds is 35. The monoisotopic (exact) mass is 1330 g/mol. The summed E-state index contributed by atoms with van der Waals surface area (Å²) in [5, 5.41) is 55.2. The van der Waals surface area contributed by atoms with Crippen LogP contribution in [0.1, 0.15) is 136 Å². The summed E-state index contributed by atoms with van der Waals surface area (Å²) < 4.78 is 0. The minimum atomic E-state index is -1.75. The van der Waals surface area contributed by atoms with Gasteiger partial charge >= 0.3 is 0 Å². The molecule has 1 heterocycles. The SMILES string of the molecule is CC(=O)NCCCCCC(=O)NCCCCCC(=O)N[C@@H](CCN)C(=O)N[C@H](C(=O)N[C@@H](CCN)C(=O)N[C@H]1CCNC(=O)[C@H]([C@@H](C)O)NC(=O)[C@H](CCN)NC(=O)[C@H](CCN)NC(=O)[C@H](CC(C)C)NC(=O)[C@@H](Cc2ccccc2)NC(=O)[C@H](CCN)NC1=O)[C@@H](C)O. The van der Waals surface area contributed by atoms with Crippen molar-refractivity contribution in [3.8, 4) is 0 Å². The average molecular weight is 1330 g/mol. The highest BCUT2D eigenvalue weighted by Gasteiger charge is 2.38. The molecule has 94 heavy (non-hydrogen) atoms. The average Bonchev–Trinajstić information content (AvgIpc) is 1.04. The molecule has 25 N–H and O–H groups in total. The Labute approximate surface area is 549 Å². The Bertz CT molecular complexity index is 2600. The maximum absolute atomic E-state index is 14.6. The number of hydrogen-bond donors (Lipinski definition) is 20. The molecule has 530 valence electrons. The fraction of sp³-hybridized carbons (Fsp3) is 0.689. The highest BCUT2D eigenvalue weighted by molar-refractivity contribution is 5.99. The molecule has 1 aromatic rings. The quantitative estimate of drug-likeness (QED) is 0.0281. The van der Waals surface area contributed by atoms with Gasteiger partial charge in [0, 0.05) is 45.8 Å². The van der Waals surface area contributed by atoms with Crippen LogP contribution in [0.5, 0.6) is 0 Å². The number of aliphatic hydroxyl groups excluding tert-OH is 2. The molecule has 33 heteroatoms. The second-order valence-corrected chi connectivity index (χ2v) is 23.7. The Morgan fingerprint density at radius 1 is 0.521 bits per heavy atom. The lowest BCUT2D eigenvalue weighted by molar-refractivity contribution is -0.137. The van der Waals surface area contributed by atoms with Gasteiger partial charge in [-0.25, -0.2) is 0 Å². The van der Waals surface area contributed by atoms with Gasteiger partial charge in [-0.05, 0) is 129 Å². The first-order valence-electron chi connectivity index (χ1n) is 32.4. The topological polar surface area (TPSA) is 549 Å². The van der Waals surface area contributed by atoms with Crippen LogP contribution < -0.4 is 97.8 Å². The highest BCUT2D eigenvalue weighted by atomic mass is 16.3. The summed E-state index contributed by atoms with van der Waals surface area (Å²) in [7, 11) is 0. The summed E-state index contributed by atoms with van der Waals surface area (Å²) in [5.74, 6) is -10.5. The summed E-state index contributed by atoms with van der Waals surface area (Å²) in [6.45, 7) is 7.00. The molecule has 0 aromatic heterocycles. The van der Waals surface area contributed by atoms with Gasteiger partial charge in [0.2, 0.25) is 76.8 Å². The lowest BCUT2D eigenvalue weighted by Crippen LogP contribution is -2.62. The molecule has 33 nitrogen and oxygen atoms in total. The Morgan fingerprint density at radius 3 is 1.51 bits per heavy atom. The van der Waals surface area contributed by atoms with E-state index in [4.69, 9.17) is 28.7 Å². The van der Waals surface area contributed by atoms with Crippen LogP contribution in [0.15, 0.2) is 30.3 Å². The van der Waals surface area contributed by atoms with Gasteiger partial charge in [0.25, 0.3) is 0 Å². The van der Waals surface area contributed by atoms with Gasteiger partial charge in [-0.3, -0.25) is 62.3 Å². The van der Waals surface area contributed by atoms with Crippen LogP contribution >= 0.6 is 0 Å². The lowest BCUT2D eigenvalue weighted by Gasteiger charge is -2.29. The molecule has 1 saturated heterocycles. The number of unbranched alkanes of at least 4 members (excludes halogenated alkanes) is 4. The van der Waals surface area contributed by atoms with E-state index in [0.717, 1.165) is 12.8 Å². The van der Waals surface area contributed by atoms with Gasteiger partial charge in [-0.2, -0.15) is 0 Å². The molecule has 1 aliphatic heterocycles. The van der Waals surface area contributed by atoms with Crippen LogP contribution in [0, 0.1) is 5.92 Å². The van der Waals surface area contributed by atoms with Crippen molar-refractivity contribution in [3.05, 3.63) is 35.9 Å². The highest BCUT2D eigenvalue weighted by Crippen LogP contribution is 2.12. The molecule has 0 unspecified atom stereocenters. The third-order valence-electron chi connectivity index (χ3n) is 15.1. The van der Waals surface area contributed by atoms with Gasteiger partial charge in [0.05, 0.1) is 12.2 Å². The predicted octanol–water partition coefficient (Wildman–Crippen LogP) is -6.48. The summed E-state index contributed by atoms with van der Waals surface area (Å²) in [5.41, 5.74) is 30.0. The molecule has 0 bridgehead atoms. The number of nitrogens with one attached hydrogen (secondary N) is 13. The van der Waals surface area contributed by atoms with E-state index in [9.17, 15) is 72.5 Å². The summed E-state index contributed by atoms with van der Waals surface area (Å²) in [4.78, 5) is 178. The van der Waals surface area contributed by atoms with Crippen LogP contribution in [-0.2, 0) is 68.7 Å². The number of benzene rings is 1. The third-order valence-corrected chi connectivity index (χ3v) is 15.1. The molecule has 0 aliphatic carbocycles. The van der Waals surface area contributed by atoms with Crippen LogP contribution in [-0.4, -0.2) is 212 Å². The summed E-state index contributed by atoms with van der Waals surface area (Å²) in [6.07, 6.45) is -0.634. The van der Waals surface area contributed by atoms with Crippen molar-refractivity contribution in [2.45, 2.75) is 210 Å². The molecule has 1 aliphatic rings. The molecule has 2 rings (SSSR count). The van der Waals surface area contributed by atoms with E-state index in [1.54, 1.807) is 44.2 Å². The largest absolute Gasteiger partial charge is 0.391 e. The number of aliphatic hydroxyl groups is 2. The molecular weight excluding hydrogens is 1220 g/mol. The molecule has 1 aromatic carbocycles. The molecule has 12 atom stereocenters. The Kier molecular flexibility index (Phi) is 39.7. The van der Waals surface area contributed by atoms with Gasteiger partial charge in [0.15, 0.2) is 0 Å². The fourth-order valence-corrected chi connectivity index (χ4v) is 9.89. The molecule has 1 fully saturated rings. The van der Waals surface area contributed by atoms with Crippen molar-refractivity contribution in [2.24, 2.45) is 34.6 Å². The zero-order chi connectivity index (χ0) is 70.3. The van der Waals surface area contributed by atoms with Crippen molar-refractivity contribution < 1.29 is 72.5 Å². The molecule has 0 radical (unpaired) electrons. The van der Waals surface area contributed by atoms with Crippen LogP contribution in [0.25, 0.3) is 0 Å². The minimum Gasteiger partial charge on any atom is -0.391 e. The number of nitrogens with two attached hydrogens (primary N) is 5. The normalized spacial score (nSPS) is 21.3. The van der Waals surface area contributed by atoms with E-state index in [-0.39, 0.29) is 102 Å². The van der Waals surface area contributed by atoms with E-state index in [1.165, 1.54) is 20.8 Å². The predicted molar refractivity (Wildman–Crippen MR) is 347 cm³/mol. The van der Waals surface area contributed by atoms with Crippen molar-refractivity contribution in [3.63, 3.8) is 0 Å². The van der Waals surface area contributed by atoms with Crippen molar-refractivity contribution in [1.82, 2.24) is 69.1 Å². The Balaban J connectivity index is 2.50. The maximum Gasteiger partial charge on any atom is 0.245 e. The maximum atomic E-state index is 14.6. The first-order chi connectivity index (χ1) is 44.7. The van der Waals surface area contributed by atoms with E-state index < -0.39 is 151 Å². The number of amides is 13. The van der Waals surface area contributed by atoms with Crippen molar-refractivity contribution >= 4 is 76.8 Å². The van der Waals surface area contributed by atoms with Gasteiger partial charge in [-0.15, -0.1) is 0 Å². The van der Waals surface area contributed by atoms with E-state index in [2.05, 4.69) is 69.1 Å². The number of hydrogen-bond acceptors (Lipinski definition) is 20. The third kappa shape index (κ3) is 31.8. The Morgan fingerprint density at radius 2 is 1.00 bits per heavy atom. The minimum absolute atomic E-state index is 0.00372. The van der Waals surface area contributed by atoms with E-state index in [0.29, 0.717) is 50.8 Å². The summed E-state index contributed by atoms with van der Waals surface area (Å²) >= 11 is 0. The van der Waals surface area contributed by atoms with Crippen LogP contribution in [0.3, 0.4) is 0 Å². The lowest BCUT2D eigenvalue weighted by atomic mass is 10.00. The second-order valence-electron chi connectivity index (χ2n) is 23.7. The van der Waals surface area contributed by atoms with Gasteiger partial charge in [-0.1, -0.05) is 57.0 Å². The van der Waals surface area contributed by atoms with Crippen LogP contribution in [0.2, 0.25) is 0 Å². The van der Waals surface area contributed by atoms with E-state index >= 15 is 0 Å². The first-order valence-corrected chi connectivity index (χ1v) is 32.4. The van der Waals surface area contributed by atoms with Crippen molar-refractivity contribution in [1.29, 1.82) is 0 Å². The molecule has 0 spiro atoms. The fourth-order valence-electron chi connectivity index (χ4n) is 9.89. The molecular formula is C61H106N18O15. The number of carbonyl (C=O) groups excluding carboxylic acids is 13. The zero-order valence-electron chi connectivity index (χ0n) is 55.0. The second kappa shape index (κ2) is 45.4. The van der Waals surface area contributed by atoms with Crippen LogP contribution in [0.4, 0.5) is 0 Å². The van der Waals surface area contributed by atoms with Crippen molar-refractivity contribution in [2.75, 3.05) is 52.4 Å².